The van der Waals surface area contributed by atoms with E-state index in [1.54, 1.807) is 6.07 Å². The zero-order valence-electron chi connectivity index (χ0n) is 10.8. The predicted octanol–water partition coefficient (Wildman–Crippen LogP) is 2.40. The van der Waals surface area contributed by atoms with E-state index in [2.05, 4.69) is 36.4 Å². The van der Waals surface area contributed by atoms with Crippen molar-refractivity contribution in [2.24, 2.45) is 5.10 Å². The van der Waals surface area contributed by atoms with Crippen molar-refractivity contribution in [1.29, 1.82) is 0 Å². The van der Waals surface area contributed by atoms with Gasteiger partial charge in [-0.1, -0.05) is 12.1 Å². The number of nitrogens with zero attached hydrogens (tertiary/aromatic N) is 2. The first-order chi connectivity index (χ1) is 9.65. The summed E-state index contributed by atoms with van der Waals surface area (Å²) in [6.45, 7) is 2.16. The molecule has 0 aliphatic carbocycles. The van der Waals surface area contributed by atoms with Gasteiger partial charge in [0.1, 0.15) is 18.2 Å². The number of hydrogen-bond donors (Lipinski definition) is 2. The first-order valence-corrected chi connectivity index (χ1v) is 6.66. The molecule has 0 fully saturated rings. The molecule has 104 valence electrons. The highest BCUT2D eigenvalue weighted by atomic mass is 79.9. The van der Waals surface area contributed by atoms with Gasteiger partial charge < -0.3 is 4.74 Å². The fraction of sp³-hybridized carbons (Fsp3) is 0.154. The predicted molar refractivity (Wildman–Crippen MR) is 81.2 cm³/mol. The Morgan fingerprint density at radius 1 is 1.45 bits per heavy atom. The number of nitrogens with one attached hydrogen (secondary N) is 2. The number of halogens is 1. The summed E-state index contributed by atoms with van der Waals surface area (Å²) >= 11 is 3.40. The maximum atomic E-state index is 11.0. The van der Waals surface area contributed by atoms with E-state index in [9.17, 15) is 4.79 Å². The Morgan fingerprint density at radius 2 is 2.25 bits per heavy atom. The smallest absolute Gasteiger partial charge is 0.346 e. The number of aromatic amines is 1. The van der Waals surface area contributed by atoms with E-state index in [-0.39, 0.29) is 0 Å². The van der Waals surface area contributed by atoms with E-state index in [1.165, 1.54) is 6.20 Å². The highest BCUT2D eigenvalue weighted by Crippen LogP contribution is 2.23. The lowest BCUT2D eigenvalue weighted by molar-refractivity contribution is 0.373. The monoisotopic (exact) mass is 336 g/mol. The van der Waals surface area contributed by atoms with Crippen molar-refractivity contribution in [2.45, 2.75) is 6.92 Å². The molecule has 0 saturated carbocycles. The number of aromatic nitrogens is 2. The number of hydrogen-bond acceptors (Lipinski definition) is 5. The van der Waals surface area contributed by atoms with Crippen molar-refractivity contribution in [1.82, 2.24) is 9.97 Å². The number of para-hydroxylation sites is 1. The molecule has 0 aliphatic heterocycles. The number of hydrazone groups is 1. The lowest BCUT2D eigenvalue weighted by Gasteiger charge is -2.07. The van der Waals surface area contributed by atoms with Crippen LogP contribution < -0.4 is 15.9 Å². The zero-order chi connectivity index (χ0) is 14.4. The van der Waals surface area contributed by atoms with Crippen molar-refractivity contribution < 1.29 is 4.74 Å². The maximum absolute atomic E-state index is 11.0. The van der Waals surface area contributed by atoms with Crippen LogP contribution in [-0.2, 0) is 0 Å². The molecule has 20 heavy (non-hydrogen) atoms. The topological polar surface area (TPSA) is 79.4 Å². The molecular formula is C13H13BrN4O2. The Kier molecular flexibility index (Phi) is 4.89. The molecule has 0 bridgehead atoms. The van der Waals surface area contributed by atoms with Crippen LogP contribution in [0.4, 0.5) is 5.82 Å². The van der Waals surface area contributed by atoms with Crippen molar-refractivity contribution in [3.8, 4) is 5.75 Å². The molecular weight excluding hydrogens is 324 g/mol. The minimum absolute atomic E-state index is 0.338. The van der Waals surface area contributed by atoms with Crippen LogP contribution in [0.1, 0.15) is 6.92 Å². The summed E-state index contributed by atoms with van der Waals surface area (Å²) in [5.74, 6) is 1.23. The zero-order valence-corrected chi connectivity index (χ0v) is 12.3. The molecule has 0 aliphatic rings. The van der Waals surface area contributed by atoms with Gasteiger partial charge in [0.05, 0.1) is 10.2 Å². The Hall–Kier alpha value is -2.15. The van der Waals surface area contributed by atoms with Gasteiger partial charge in [-0.2, -0.15) is 5.10 Å². The van der Waals surface area contributed by atoms with Crippen LogP contribution in [0.2, 0.25) is 0 Å². The van der Waals surface area contributed by atoms with Gasteiger partial charge in [-0.25, -0.2) is 9.78 Å². The fourth-order valence-corrected chi connectivity index (χ4v) is 1.77. The van der Waals surface area contributed by atoms with Gasteiger partial charge in [0.2, 0.25) is 0 Å². The van der Waals surface area contributed by atoms with E-state index < -0.39 is 5.69 Å². The normalized spacial score (nSPS) is 11.2. The average Bonchev–Trinajstić information content (AvgIpc) is 2.44. The molecule has 2 N–H and O–H groups in total. The van der Waals surface area contributed by atoms with Crippen LogP contribution in [0.15, 0.2) is 50.9 Å². The number of ether oxygens (including phenoxy) is 1. The van der Waals surface area contributed by atoms with Crippen LogP contribution >= 0.6 is 15.9 Å². The van der Waals surface area contributed by atoms with Crippen LogP contribution in [0, 0.1) is 0 Å². The van der Waals surface area contributed by atoms with Gasteiger partial charge >= 0.3 is 5.69 Å². The third kappa shape index (κ3) is 4.20. The van der Waals surface area contributed by atoms with Crippen molar-refractivity contribution in [3.05, 3.63) is 51.5 Å². The van der Waals surface area contributed by atoms with E-state index in [4.69, 9.17) is 4.74 Å². The second kappa shape index (κ2) is 6.85. The number of rotatable bonds is 5. The van der Waals surface area contributed by atoms with Gasteiger partial charge in [0.15, 0.2) is 0 Å². The number of anilines is 1. The molecule has 1 heterocycles. The molecule has 2 rings (SSSR count). The first kappa shape index (κ1) is 14.3. The summed E-state index contributed by atoms with van der Waals surface area (Å²) in [6.07, 6.45) is 1.41. The van der Waals surface area contributed by atoms with Gasteiger partial charge in [-0.05, 0) is 41.1 Å². The highest BCUT2D eigenvalue weighted by Gasteiger charge is 2.00. The molecule has 6 nitrogen and oxygen atoms in total. The average molecular weight is 337 g/mol. The molecule has 0 spiro atoms. The first-order valence-electron chi connectivity index (χ1n) is 5.87. The fourth-order valence-electron chi connectivity index (χ4n) is 1.37. The standard InChI is InChI=1S/C13H13BrN4O2/c1-9(8-20-11-5-3-2-4-10(11)14)17-18-12-6-7-15-13(19)16-12/h2-7H,8H2,1H3,(H2,15,16,18,19)/b17-9+. The highest BCUT2D eigenvalue weighted by molar-refractivity contribution is 9.10. The lowest BCUT2D eigenvalue weighted by atomic mass is 10.3. The molecule has 0 saturated heterocycles. The van der Waals surface area contributed by atoms with Crippen molar-refractivity contribution >= 4 is 27.5 Å². The Bertz CT molecular complexity index is 669. The molecule has 0 radical (unpaired) electrons. The maximum Gasteiger partial charge on any atom is 0.346 e. The Labute approximate surface area is 124 Å². The van der Waals surface area contributed by atoms with E-state index in [0.717, 1.165) is 15.9 Å². The SMILES string of the molecule is C/C(COc1ccccc1Br)=N\Nc1ccnc(=O)[nH]1. The van der Waals surface area contributed by atoms with Crippen LogP contribution in [-0.4, -0.2) is 22.3 Å². The second-order valence-corrected chi connectivity index (χ2v) is 4.82. The molecule has 0 atom stereocenters. The quantitative estimate of drug-likeness (QED) is 0.649. The molecule has 7 heteroatoms. The summed E-state index contributed by atoms with van der Waals surface area (Å²) in [7, 11) is 0. The Morgan fingerprint density at radius 3 is 3.00 bits per heavy atom. The lowest BCUT2D eigenvalue weighted by Crippen LogP contribution is -2.13. The van der Waals surface area contributed by atoms with Gasteiger partial charge in [0.25, 0.3) is 0 Å². The van der Waals surface area contributed by atoms with E-state index in [1.807, 2.05) is 31.2 Å². The van der Waals surface area contributed by atoms with Gasteiger partial charge in [-0.3, -0.25) is 10.4 Å². The molecule has 0 amide bonds. The summed E-state index contributed by atoms with van der Waals surface area (Å²) in [5, 5.41) is 4.11. The van der Waals surface area contributed by atoms with Gasteiger partial charge in [-0.15, -0.1) is 0 Å². The van der Waals surface area contributed by atoms with Gasteiger partial charge in [0, 0.05) is 6.20 Å². The molecule has 1 aromatic carbocycles. The van der Waals surface area contributed by atoms with Crippen LogP contribution in [0.5, 0.6) is 5.75 Å². The second-order valence-electron chi connectivity index (χ2n) is 3.97. The van der Waals surface area contributed by atoms with E-state index in [0.29, 0.717) is 12.4 Å². The minimum atomic E-state index is -0.424. The van der Waals surface area contributed by atoms with Crippen LogP contribution in [0.25, 0.3) is 0 Å². The number of benzene rings is 1. The summed E-state index contributed by atoms with van der Waals surface area (Å²) in [5.41, 5.74) is 3.05. The third-order valence-corrected chi connectivity index (χ3v) is 2.97. The molecule has 0 unspecified atom stereocenters. The molecule has 2 aromatic rings. The summed E-state index contributed by atoms with van der Waals surface area (Å²) < 4.78 is 6.50. The summed E-state index contributed by atoms with van der Waals surface area (Å²) in [4.78, 5) is 17.0. The summed E-state index contributed by atoms with van der Waals surface area (Å²) in [6, 6.07) is 9.20. The minimum Gasteiger partial charge on any atom is -0.486 e. The van der Waals surface area contributed by atoms with E-state index >= 15 is 0 Å². The van der Waals surface area contributed by atoms with Crippen molar-refractivity contribution in [3.63, 3.8) is 0 Å². The Balaban J connectivity index is 1.92. The molecule has 1 aromatic heterocycles. The largest absolute Gasteiger partial charge is 0.486 e. The third-order valence-electron chi connectivity index (χ3n) is 2.32. The van der Waals surface area contributed by atoms with Crippen molar-refractivity contribution in [2.75, 3.05) is 12.0 Å². The van der Waals surface area contributed by atoms with Crippen LogP contribution in [0.3, 0.4) is 0 Å². The number of H-pyrrole nitrogens is 1.